The van der Waals surface area contributed by atoms with Crippen LogP contribution in [0.15, 0.2) is 37.4 Å². The van der Waals surface area contributed by atoms with Crippen molar-refractivity contribution in [3.8, 4) is 0 Å². The number of unbranched alkanes of at least 4 members (excludes halogenated alkanes) is 1. The van der Waals surface area contributed by atoms with Crippen molar-refractivity contribution in [1.29, 1.82) is 0 Å². The second-order valence-electron chi connectivity index (χ2n) is 4.35. The highest BCUT2D eigenvalue weighted by molar-refractivity contribution is 7.80. The van der Waals surface area contributed by atoms with Gasteiger partial charge in [-0.1, -0.05) is 42.0 Å². The number of aryl methyl sites for hydroxylation is 1. The van der Waals surface area contributed by atoms with Gasteiger partial charge in [0.1, 0.15) is 0 Å². The molecule has 112 valence electrons. The van der Waals surface area contributed by atoms with Crippen molar-refractivity contribution >= 4 is 17.1 Å². The predicted octanol–water partition coefficient (Wildman–Crippen LogP) is 4.35. The SMILES string of the molecule is C=C.COCCOCCCCC(=S)c1ccc(C)cc1. The minimum Gasteiger partial charge on any atom is -0.382 e. The van der Waals surface area contributed by atoms with Crippen molar-refractivity contribution in [3.05, 3.63) is 48.6 Å². The Balaban J connectivity index is 0.00000172. The van der Waals surface area contributed by atoms with Crippen molar-refractivity contribution in [2.24, 2.45) is 0 Å². The van der Waals surface area contributed by atoms with E-state index in [0.29, 0.717) is 13.2 Å². The second-order valence-corrected chi connectivity index (χ2v) is 4.84. The van der Waals surface area contributed by atoms with E-state index < -0.39 is 0 Å². The van der Waals surface area contributed by atoms with E-state index in [1.165, 1.54) is 11.1 Å². The standard InChI is InChI=1S/C15H22O2S.C2H4/c1-13-6-8-14(9-7-13)15(18)5-3-4-10-17-12-11-16-2;1-2/h6-9H,3-5,10-12H2,1-2H3;1-2H2. The molecule has 1 aromatic rings. The Labute approximate surface area is 128 Å². The molecule has 0 radical (unpaired) electrons. The molecule has 0 bridgehead atoms. The van der Waals surface area contributed by atoms with E-state index in [-0.39, 0.29) is 0 Å². The highest BCUT2D eigenvalue weighted by Gasteiger charge is 2.00. The monoisotopic (exact) mass is 294 g/mol. The Morgan fingerprint density at radius 2 is 1.70 bits per heavy atom. The van der Waals surface area contributed by atoms with Crippen LogP contribution in [0.5, 0.6) is 0 Å². The van der Waals surface area contributed by atoms with Crippen LogP contribution in [-0.4, -0.2) is 31.8 Å². The Kier molecular flexibility index (Phi) is 12.3. The van der Waals surface area contributed by atoms with Gasteiger partial charge < -0.3 is 9.47 Å². The normalized spacial score (nSPS) is 9.70. The lowest BCUT2D eigenvalue weighted by Gasteiger charge is -2.05. The molecule has 0 aromatic heterocycles. The number of benzene rings is 1. The molecule has 0 spiro atoms. The molecule has 0 heterocycles. The first-order valence-corrected chi connectivity index (χ1v) is 7.31. The smallest absolute Gasteiger partial charge is 0.0700 e. The molecule has 0 aliphatic rings. The molecular weight excluding hydrogens is 268 g/mol. The largest absolute Gasteiger partial charge is 0.382 e. The van der Waals surface area contributed by atoms with E-state index in [9.17, 15) is 0 Å². The minimum absolute atomic E-state index is 0.668. The van der Waals surface area contributed by atoms with Crippen LogP contribution in [0.2, 0.25) is 0 Å². The first-order valence-electron chi connectivity index (χ1n) is 6.90. The topological polar surface area (TPSA) is 18.5 Å². The lowest BCUT2D eigenvalue weighted by atomic mass is 10.1. The van der Waals surface area contributed by atoms with Crippen LogP contribution in [0, 0.1) is 6.92 Å². The summed E-state index contributed by atoms with van der Waals surface area (Å²) in [5, 5.41) is 0. The van der Waals surface area contributed by atoms with Crippen molar-refractivity contribution < 1.29 is 9.47 Å². The Morgan fingerprint density at radius 3 is 2.30 bits per heavy atom. The van der Waals surface area contributed by atoms with Gasteiger partial charge in [0, 0.05) is 18.6 Å². The lowest BCUT2D eigenvalue weighted by Crippen LogP contribution is -2.04. The number of hydrogen-bond acceptors (Lipinski definition) is 3. The van der Waals surface area contributed by atoms with Crippen LogP contribution in [-0.2, 0) is 9.47 Å². The van der Waals surface area contributed by atoms with Crippen LogP contribution >= 0.6 is 12.2 Å². The number of rotatable bonds is 9. The molecule has 1 aromatic carbocycles. The quantitative estimate of drug-likeness (QED) is 0.292. The molecule has 0 saturated heterocycles. The third-order valence-corrected chi connectivity index (χ3v) is 3.19. The van der Waals surface area contributed by atoms with E-state index in [4.69, 9.17) is 21.7 Å². The zero-order chi connectivity index (χ0) is 15.2. The van der Waals surface area contributed by atoms with Gasteiger partial charge >= 0.3 is 0 Å². The highest BCUT2D eigenvalue weighted by Crippen LogP contribution is 2.10. The number of thiocarbonyl (C=S) groups is 1. The van der Waals surface area contributed by atoms with Gasteiger partial charge in [0.2, 0.25) is 0 Å². The Hall–Kier alpha value is -1.03. The van der Waals surface area contributed by atoms with E-state index in [2.05, 4.69) is 44.3 Å². The molecule has 2 nitrogen and oxygen atoms in total. The number of hydrogen-bond donors (Lipinski definition) is 0. The van der Waals surface area contributed by atoms with E-state index in [0.717, 1.165) is 30.7 Å². The van der Waals surface area contributed by atoms with Crippen molar-refractivity contribution in [3.63, 3.8) is 0 Å². The minimum atomic E-state index is 0.668. The van der Waals surface area contributed by atoms with Crippen molar-refractivity contribution in [1.82, 2.24) is 0 Å². The highest BCUT2D eigenvalue weighted by atomic mass is 32.1. The number of ether oxygens (including phenoxy) is 2. The lowest BCUT2D eigenvalue weighted by molar-refractivity contribution is 0.0690. The first-order chi connectivity index (χ1) is 9.74. The fourth-order valence-corrected chi connectivity index (χ4v) is 1.90. The molecular formula is C17H26O2S. The fourth-order valence-electron chi connectivity index (χ4n) is 1.62. The molecule has 0 unspecified atom stereocenters. The van der Waals surface area contributed by atoms with Gasteiger partial charge in [-0.15, -0.1) is 13.2 Å². The van der Waals surface area contributed by atoms with Gasteiger partial charge in [0.05, 0.1) is 13.2 Å². The van der Waals surface area contributed by atoms with Crippen LogP contribution in [0.3, 0.4) is 0 Å². The molecule has 0 N–H and O–H groups in total. The maximum absolute atomic E-state index is 5.42. The summed E-state index contributed by atoms with van der Waals surface area (Å²) in [5.41, 5.74) is 2.45. The first kappa shape index (κ1) is 19.0. The summed E-state index contributed by atoms with van der Waals surface area (Å²) >= 11 is 5.42. The second kappa shape index (κ2) is 13.0. The third kappa shape index (κ3) is 8.97. The average Bonchev–Trinajstić information content (AvgIpc) is 2.49. The van der Waals surface area contributed by atoms with Crippen molar-refractivity contribution in [2.75, 3.05) is 26.9 Å². The van der Waals surface area contributed by atoms with Crippen LogP contribution in [0.25, 0.3) is 0 Å². The summed E-state index contributed by atoms with van der Waals surface area (Å²) < 4.78 is 10.3. The molecule has 3 heteroatoms. The Morgan fingerprint density at radius 1 is 1.05 bits per heavy atom. The summed E-state index contributed by atoms with van der Waals surface area (Å²) in [6, 6.07) is 8.42. The molecule has 1 rings (SSSR count). The zero-order valence-corrected chi connectivity index (χ0v) is 13.5. The van der Waals surface area contributed by atoms with Gasteiger partial charge in [0.25, 0.3) is 0 Å². The van der Waals surface area contributed by atoms with Crippen LogP contribution in [0.4, 0.5) is 0 Å². The molecule has 20 heavy (non-hydrogen) atoms. The molecule has 0 fully saturated rings. The zero-order valence-electron chi connectivity index (χ0n) is 12.7. The maximum atomic E-state index is 5.42. The van der Waals surface area contributed by atoms with Crippen LogP contribution in [0.1, 0.15) is 30.4 Å². The summed E-state index contributed by atoms with van der Waals surface area (Å²) in [6.07, 6.45) is 3.10. The van der Waals surface area contributed by atoms with Gasteiger partial charge in [-0.25, -0.2) is 0 Å². The van der Waals surface area contributed by atoms with Gasteiger partial charge in [-0.2, -0.15) is 0 Å². The molecule has 0 saturated carbocycles. The maximum Gasteiger partial charge on any atom is 0.0700 e. The van der Waals surface area contributed by atoms with E-state index in [1.807, 2.05) is 0 Å². The van der Waals surface area contributed by atoms with Gasteiger partial charge in [0.15, 0.2) is 0 Å². The summed E-state index contributed by atoms with van der Waals surface area (Å²) in [7, 11) is 1.68. The van der Waals surface area contributed by atoms with Crippen molar-refractivity contribution in [2.45, 2.75) is 26.2 Å². The molecule has 0 amide bonds. The number of methoxy groups -OCH3 is 1. The predicted molar refractivity (Wildman–Crippen MR) is 90.7 cm³/mol. The average molecular weight is 294 g/mol. The molecule has 0 aliphatic carbocycles. The summed E-state index contributed by atoms with van der Waals surface area (Å²) in [5.74, 6) is 0. The van der Waals surface area contributed by atoms with E-state index >= 15 is 0 Å². The fraction of sp³-hybridized carbons (Fsp3) is 0.471. The van der Waals surface area contributed by atoms with Crippen LogP contribution < -0.4 is 0 Å². The van der Waals surface area contributed by atoms with E-state index in [1.54, 1.807) is 7.11 Å². The van der Waals surface area contributed by atoms with Gasteiger partial charge in [-0.05, 0) is 31.7 Å². The van der Waals surface area contributed by atoms with Gasteiger partial charge in [-0.3, -0.25) is 0 Å². The third-order valence-electron chi connectivity index (χ3n) is 2.75. The molecule has 0 atom stereocenters. The Bertz CT molecular complexity index is 360. The molecule has 0 aliphatic heterocycles. The summed E-state index contributed by atoms with van der Waals surface area (Å²) in [4.78, 5) is 1.05. The summed E-state index contributed by atoms with van der Waals surface area (Å²) in [6.45, 7) is 10.2.